The Bertz CT molecular complexity index is 2610. The summed E-state index contributed by atoms with van der Waals surface area (Å²) in [6.45, 7) is 0. The largest absolute Gasteiger partial charge is 0.455 e. The summed E-state index contributed by atoms with van der Waals surface area (Å²) >= 11 is 0. The molecule has 0 spiro atoms. The van der Waals surface area contributed by atoms with Crippen molar-refractivity contribution in [1.29, 1.82) is 0 Å². The first-order chi connectivity index (χ1) is 21.3. The number of nitrogens with zero attached hydrogens (tertiary/aromatic N) is 2. The zero-order valence-corrected chi connectivity index (χ0v) is 23.0. The number of hydrogen-bond donors (Lipinski definition) is 0. The maximum Gasteiger partial charge on any atom is 0.143 e. The first-order valence-electron chi connectivity index (χ1n) is 14.6. The summed E-state index contributed by atoms with van der Waals surface area (Å²) < 4.78 is 6.43. The van der Waals surface area contributed by atoms with Gasteiger partial charge in [0, 0.05) is 43.4 Å². The number of benzene rings is 6. The van der Waals surface area contributed by atoms with Gasteiger partial charge in [0.2, 0.25) is 0 Å². The predicted octanol–water partition coefficient (Wildman–Crippen LogP) is 10.8. The van der Waals surface area contributed by atoms with E-state index in [0.29, 0.717) is 0 Å². The van der Waals surface area contributed by atoms with Gasteiger partial charge in [-0.05, 0) is 46.5 Å². The van der Waals surface area contributed by atoms with Crippen molar-refractivity contribution in [2.24, 2.45) is 0 Å². The van der Waals surface area contributed by atoms with Crippen LogP contribution < -0.4 is 0 Å². The fourth-order valence-corrected chi connectivity index (χ4v) is 7.05. The molecular formula is C40H22N2O. The first kappa shape index (κ1) is 22.8. The standard InChI is InChI=1S/C40H22N2O/c1-2-8-23(9-3-1)33-20-18-24-16-17-25-19-21-34(42-39(25)38(24)41-33)28-12-6-11-27-31-22-32-26-10-4-5-15-35(26)43-40(32)30-14-7-13-29(36(27)28)37(30)31/h1-22H. The lowest BCUT2D eigenvalue weighted by Crippen LogP contribution is -1.92. The zero-order valence-electron chi connectivity index (χ0n) is 23.0. The third-order valence-corrected chi connectivity index (χ3v) is 8.99. The Morgan fingerprint density at radius 1 is 0.442 bits per heavy atom. The Hall–Kier alpha value is -5.80. The van der Waals surface area contributed by atoms with E-state index in [1.165, 1.54) is 27.6 Å². The van der Waals surface area contributed by atoms with Crippen molar-refractivity contribution in [3.63, 3.8) is 0 Å². The third kappa shape index (κ3) is 3.14. The van der Waals surface area contributed by atoms with E-state index in [9.17, 15) is 0 Å². The van der Waals surface area contributed by atoms with Gasteiger partial charge in [-0.3, -0.25) is 0 Å². The molecule has 3 aromatic heterocycles. The second kappa shape index (κ2) is 8.37. The molecule has 3 heteroatoms. The summed E-state index contributed by atoms with van der Waals surface area (Å²) in [5, 5.41) is 6.87. The van der Waals surface area contributed by atoms with Crippen molar-refractivity contribution < 1.29 is 4.42 Å². The van der Waals surface area contributed by atoms with Crippen LogP contribution in [-0.2, 0) is 0 Å². The van der Waals surface area contributed by atoms with Crippen molar-refractivity contribution in [3.8, 4) is 44.8 Å². The van der Waals surface area contributed by atoms with Gasteiger partial charge in [-0.25, -0.2) is 9.97 Å². The van der Waals surface area contributed by atoms with Crippen LogP contribution in [0.2, 0.25) is 0 Å². The molecule has 0 bridgehead atoms. The topological polar surface area (TPSA) is 38.9 Å². The molecule has 10 rings (SSSR count). The lowest BCUT2D eigenvalue weighted by atomic mass is 9.95. The molecule has 9 aromatic rings. The molecule has 0 aliphatic heterocycles. The minimum atomic E-state index is 0.920. The Morgan fingerprint density at radius 2 is 1.09 bits per heavy atom. The molecule has 0 N–H and O–H groups in total. The molecule has 0 radical (unpaired) electrons. The van der Waals surface area contributed by atoms with E-state index in [2.05, 4.69) is 121 Å². The van der Waals surface area contributed by atoms with Crippen LogP contribution in [-0.4, -0.2) is 9.97 Å². The molecule has 6 aromatic carbocycles. The molecule has 3 heterocycles. The normalized spacial score (nSPS) is 12.2. The quantitative estimate of drug-likeness (QED) is 0.202. The third-order valence-electron chi connectivity index (χ3n) is 8.99. The van der Waals surface area contributed by atoms with Crippen molar-refractivity contribution in [2.45, 2.75) is 0 Å². The molecule has 198 valence electrons. The number of aromatic nitrogens is 2. The maximum atomic E-state index is 6.43. The molecule has 1 aliphatic carbocycles. The molecule has 1 aliphatic rings. The van der Waals surface area contributed by atoms with E-state index in [-0.39, 0.29) is 0 Å². The zero-order chi connectivity index (χ0) is 28.1. The van der Waals surface area contributed by atoms with Gasteiger partial charge < -0.3 is 4.42 Å². The van der Waals surface area contributed by atoms with E-state index in [0.717, 1.165) is 71.6 Å². The Labute approximate surface area is 246 Å². The van der Waals surface area contributed by atoms with Crippen LogP contribution in [0.25, 0.3) is 99.3 Å². The number of pyridine rings is 2. The van der Waals surface area contributed by atoms with E-state index < -0.39 is 0 Å². The molecule has 43 heavy (non-hydrogen) atoms. The minimum Gasteiger partial charge on any atom is -0.455 e. The second-order valence-electron chi connectivity index (χ2n) is 11.3. The highest BCUT2D eigenvalue weighted by Gasteiger charge is 2.27. The van der Waals surface area contributed by atoms with E-state index in [1.807, 2.05) is 12.1 Å². The van der Waals surface area contributed by atoms with Gasteiger partial charge in [0.05, 0.1) is 22.4 Å². The van der Waals surface area contributed by atoms with Crippen molar-refractivity contribution in [2.75, 3.05) is 0 Å². The van der Waals surface area contributed by atoms with Gasteiger partial charge in [0.1, 0.15) is 11.2 Å². The monoisotopic (exact) mass is 546 g/mol. The smallest absolute Gasteiger partial charge is 0.143 e. The van der Waals surface area contributed by atoms with Crippen molar-refractivity contribution in [3.05, 3.63) is 133 Å². The SMILES string of the molecule is c1ccc(-c2ccc3ccc4ccc(-c5cccc6c5-c5cccc7c5c-6cc5c6ccccc6oc75)nc4c3n2)cc1. The van der Waals surface area contributed by atoms with Crippen LogP contribution >= 0.6 is 0 Å². The fraction of sp³-hybridized carbons (Fsp3) is 0. The van der Waals surface area contributed by atoms with Crippen molar-refractivity contribution >= 4 is 54.5 Å². The molecule has 0 saturated heterocycles. The summed E-state index contributed by atoms with van der Waals surface area (Å²) in [5.41, 5.74) is 12.8. The van der Waals surface area contributed by atoms with E-state index in [1.54, 1.807) is 0 Å². The molecule has 0 saturated carbocycles. The Morgan fingerprint density at radius 3 is 1.95 bits per heavy atom. The molecule has 0 unspecified atom stereocenters. The fourth-order valence-electron chi connectivity index (χ4n) is 7.05. The second-order valence-corrected chi connectivity index (χ2v) is 11.3. The summed E-state index contributed by atoms with van der Waals surface area (Å²) in [4.78, 5) is 10.4. The van der Waals surface area contributed by atoms with E-state index in [4.69, 9.17) is 14.4 Å². The maximum absolute atomic E-state index is 6.43. The molecule has 0 fully saturated rings. The number of rotatable bonds is 2. The average Bonchev–Trinajstić information content (AvgIpc) is 3.62. The molecular weight excluding hydrogens is 524 g/mol. The highest BCUT2D eigenvalue weighted by atomic mass is 16.3. The van der Waals surface area contributed by atoms with Crippen LogP contribution in [0, 0.1) is 0 Å². The summed E-state index contributed by atoms with van der Waals surface area (Å²) in [5.74, 6) is 0. The lowest BCUT2D eigenvalue weighted by Gasteiger charge is -2.12. The van der Waals surface area contributed by atoms with Crippen molar-refractivity contribution in [1.82, 2.24) is 9.97 Å². The average molecular weight is 547 g/mol. The van der Waals surface area contributed by atoms with Crippen LogP contribution in [0.1, 0.15) is 0 Å². The van der Waals surface area contributed by atoms with Gasteiger partial charge in [0.25, 0.3) is 0 Å². The summed E-state index contributed by atoms with van der Waals surface area (Å²) in [6, 6.07) is 47.0. The minimum absolute atomic E-state index is 0.920. The van der Waals surface area contributed by atoms with Crippen LogP contribution in [0.5, 0.6) is 0 Å². The lowest BCUT2D eigenvalue weighted by molar-refractivity contribution is 0.672. The highest BCUT2D eigenvalue weighted by molar-refractivity contribution is 6.27. The molecule has 0 atom stereocenters. The van der Waals surface area contributed by atoms with Crippen LogP contribution in [0.15, 0.2) is 138 Å². The number of furan rings is 1. The van der Waals surface area contributed by atoms with Gasteiger partial charge in [-0.2, -0.15) is 0 Å². The summed E-state index contributed by atoms with van der Waals surface area (Å²) in [7, 11) is 0. The number of fused-ring (bicyclic) bond motifs is 10. The van der Waals surface area contributed by atoms with Gasteiger partial charge in [-0.15, -0.1) is 0 Å². The molecule has 3 nitrogen and oxygen atoms in total. The first-order valence-corrected chi connectivity index (χ1v) is 14.6. The van der Waals surface area contributed by atoms with Crippen LogP contribution in [0.3, 0.4) is 0 Å². The van der Waals surface area contributed by atoms with E-state index >= 15 is 0 Å². The Kier molecular flexibility index (Phi) is 4.45. The summed E-state index contributed by atoms with van der Waals surface area (Å²) in [6.07, 6.45) is 0. The van der Waals surface area contributed by atoms with Crippen LogP contribution in [0.4, 0.5) is 0 Å². The predicted molar refractivity (Wildman–Crippen MR) is 177 cm³/mol. The number of hydrogen-bond acceptors (Lipinski definition) is 3. The number of para-hydroxylation sites is 1. The highest BCUT2D eigenvalue weighted by Crippen LogP contribution is 2.53. The van der Waals surface area contributed by atoms with Gasteiger partial charge >= 0.3 is 0 Å². The van der Waals surface area contributed by atoms with Gasteiger partial charge in [-0.1, -0.05) is 109 Å². The van der Waals surface area contributed by atoms with Gasteiger partial charge in [0.15, 0.2) is 0 Å². The Balaban J connectivity index is 1.22. The molecule has 0 amide bonds.